The number of nitrogens with zero attached hydrogens (tertiary/aromatic N) is 3. The van der Waals surface area contributed by atoms with Crippen molar-refractivity contribution in [3.63, 3.8) is 0 Å². The Kier molecular flexibility index (Phi) is 4.72. The van der Waals surface area contributed by atoms with Gasteiger partial charge in [0.1, 0.15) is 5.25 Å². The van der Waals surface area contributed by atoms with Gasteiger partial charge in [-0.2, -0.15) is 5.10 Å². The molecular formula is C18H14ClFN4O3S. The second-order valence-electron chi connectivity index (χ2n) is 6.28. The van der Waals surface area contributed by atoms with E-state index >= 15 is 0 Å². The maximum atomic E-state index is 13.8. The number of carbonyl (C=O) groups is 2. The first-order valence-electron chi connectivity index (χ1n) is 8.24. The lowest BCUT2D eigenvalue weighted by molar-refractivity contribution is -0.118. The zero-order valence-electron chi connectivity index (χ0n) is 14.8. The predicted octanol–water partition coefficient (Wildman–Crippen LogP) is 3.17. The van der Waals surface area contributed by atoms with E-state index in [9.17, 15) is 14.0 Å². The lowest BCUT2D eigenvalue weighted by Crippen LogP contribution is -2.60. The van der Waals surface area contributed by atoms with Gasteiger partial charge in [-0.25, -0.2) is 14.1 Å². The van der Waals surface area contributed by atoms with Crippen LogP contribution in [0.25, 0.3) is 4.91 Å². The van der Waals surface area contributed by atoms with E-state index in [1.807, 2.05) is 0 Å². The monoisotopic (exact) mass is 420 g/mol. The number of hydrogen-bond acceptors (Lipinski definition) is 6. The molecule has 0 bridgehead atoms. The predicted molar refractivity (Wildman–Crippen MR) is 104 cm³/mol. The number of methoxy groups -OCH3 is 1. The number of halogens is 2. The van der Waals surface area contributed by atoms with Gasteiger partial charge in [0.15, 0.2) is 17.4 Å². The fourth-order valence-electron chi connectivity index (χ4n) is 3.06. The van der Waals surface area contributed by atoms with Gasteiger partial charge in [0.05, 0.1) is 24.4 Å². The van der Waals surface area contributed by atoms with Crippen LogP contribution in [0.2, 0.25) is 5.02 Å². The van der Waals surface area contributed by atoms with Crippen LogP contribution in [0.3, 0.4) is 0 Å². The number of nitrogens with one attached hydrogen (secondary N) is 1. The summed E-state index contributed by atoms with van der Waals surface area (Å²) in [6.07, 6.45) is 3.27. The zero-order chi connectivity index (χ0) is 20.0. The minimum absolute atomic E-state index is 0.0443. The summed E-state index contributed by atoms with van der Waals surface area (Å²) >= 11 is 7.44. The molecule has 1 saturated heterocycles. The summed E-state index contributed by atoms with van der Waals surface area (Å²) in [5.74, 6) is -0.778. The standard InChI is InChI=1S/C18H14ClFN4O3S/c1-8-3-15(23-21-7-8)24-17(25)16-12(22-18(24)26)6-14(28-16)9-4-13(27-2)11(20)5-10(9)19/h3-7,12,16H,1-2H3,(H,22,26). The molecule has 2 aromatic rings. The first kappa shape index (κ1) is 18.7. The minimum atomic E-state index is -0.595. The van der Waals surface area contributed by atoms with Crippen LogP contribution in [0.15, 0.2) is 30.5 Å². The molecule has 1 aromatic heterocycles. The van der Waals surface area contributed by atoms with Crippen LogP contribution >= 0.6 is 23.4 Å². The van der Waals surface area contributed by atoms with Crippen LogP contribution in [-0.2, 0) is 4.79 Å². The Hall–Kier alpha value is -2.65. The topological polar surface area (TPSA) is 84.4 Å². The number of anilines is 1. The molecule has 144 valence electrons. The smallest absolute Gasteiger partial charge is 0.330 e. The first-order valence-corrected chi connectivity index (χ1v) is 9.50. The molecule has 1 N–H and O–H groups in total. The van der Waals surface area contributed by atoms with Gasteiger partial charge < -0.3 is 10.1 Å². The molecular weight excluding hydrogens is 407 g/mol. The Morgan fingerprint density at radius 3 is 2.82 bits per heavy atom. The fourth-order valence-corrected chi connectivity index (χ4v) is 4.66. The molecule has 4 rings (SSSR count). The number of rotatable bonds is 3. The maximum Gasteiger partial charge on any atom is 0.330 e. The second kappa shape index (κ2) is 7.06. The second-order valence-corrected chi connectivity index (χ2v) is 7.87. The normalized spacial score (nSPS) is 21.3. The van der Waals surface area contributed by atoms with E-state index in [0.29, 0.717) is 10.5 Å². The number of benzene rings is 1. The van der Waals surface area contributed by atoms with Gasteiger partial charge in [0.2, 0.25) is 0 Å². The molecule has 28 heavy (non-hydrogen) atoms. The summed E-state index contributed by atoms with van der Waals surface area (Å²) in [6.45, 7) is 1.79. The van der Waals surface area contributed by atoms with Gasteiger partial charge in [0.25, 0.3) is 5.91 Å². The van der Waals surface area contributed by atoms with E-state index in [-0.39, 0.29) is 16.6 Å². The number of hydrogen-bond donors (Lipinski definition) is 1. The Bertz CT molecular complexity index is 1030. The van der Waals surface area contributed by atoms with Gasteiger partial charge in [-0.3, -0.25) is 4.79 Å². The summed E-state index contributed by atoms with van der Waals surface area (Å²) in [4.78, 5) is 27.1. The Balaban J connectivity index is 1.66. The highest BCUT2D eigenvalue weighted by atomic mass is 35.5. The van der Waals surface area contributed by atoms with Gasteiger partial charge >= 0.3 is 6.03 Å². The van der Waals surface area contributed by atoms with E-state index in [1.165, 1.54) is 31.1 Å². The summed E-state index contributed by atoms with van der Waals surface area (Å²) in [7, 11) is 1.36. The summed E-state index contributed by atoms with van der Waals surface area (Å²) in [5.41, 5.74) is 1.30. The van der Waals surface area contributed by atoms with Crippen LogP contribution in [0, 0.1) is 12.7 Å². The van der Waals surface area contributed by atoms with Gasteiger partial charge in [0, 0.05) is 10.5 Å². The van der Waals surface area contributed by atoms with E-state index in [0.717, 1.165) is 16.5 Å². The van der Waals surface area contributed by atoms with Crippen LogP contribution in [0.5, 0.6) is 5.75 Å². The molecule has 10 heteroatoms. The summed E-state index contributed by atoms with van der Waals surface area (Å²) in [5, 5.41) is 10.1. The number of ether oxygens (including phenoxy) is 1. The number of aromatic nitrogens is 2. The number of fused-ring (bicyclic) bond motifs is 1. The number of imide groups is 1. The average molecular weight is 421 g/mol. The molecule has 0 spiro atoms. The molecule has 2 aliphatic heterocycles. The van der Waals surface area contributed by atoms with Crippen molar-refractivity contribution in [1.29, 1.82) is 0 Å². The van der Waals surface area contributed by atoms with Crippen LogP contribution in [0.1, 0.15) is 11.1 Å². The number of thioether (sulfide) groups is 1. The number of aryl methyl sites for hydroxylation is 1. The molecule has 2 aliphatic rings. The lowest BCUT2D eigenvalue weighted by Gasteiger charge is -2.32. The molecule has 2 atom stereocenters. The Morgan fingerprint density at radius 1 is 1.32 bits per heavy atom. The Labute approximate surface area is 168 Å². The van der Waals surface area contributed by atoms with Crippen molar-refractivity contribution in [3.8, 4) is 5.75 Å². The zero-order valence-corrected chi connectivity index (χ0v) is 16.3. The van der Waals surface area contributed by atoms with E-state index in [4.69, 9.17) is 16.3 Å². The van der Waals surface area contributed by atoms with Gasteiger partial charge in [-0.05, 0) is 36.8 Å². The third-order valence-corrected chi connectivity index (χ3v) is 6.05. The van der Waals surface area contributed by atoms with Crippen molar-refractivity contribution < 1.29 is 18.7 Å². The largest absolute Gasteiger partial charge is 0.494 e. The molecule has 1 aromatic carbocycles. The third-order valence-electron chi connectivity index (χ3n) is 4.38. The average Bonchev–Trinajstić information content (AvgIpc) is 3.06. The molecule has 1 fully saturated rings. The lowest BCUT2D eigenvalue weighted by atomic mass is 10.1. The molecule has 0 radical (unpaired) electrons. The van der Waals surface area contributed by atoms with Gasteiger partial charge in [-0.1, -0.05) is 11.6 Å². The van der Waals surface area contributed by atoms with E-state index < -0.39 is 29.0 Å². The van der Waals surface area contributed by atoms with E-state index in [2.05, 4.69) is 15.5 Å². The minimum Gasteiger partial charge on any atom is -0.494 e. The Morgan fingerprint density at radius 2 is 2.11 bits per heavy atom. The van der Waals surface area contributed by atoms with Crippen molar-refractivity contribution in [2.75, 3.05) is 12.0 Å². The molecule has 3 heterocycles. The van der Waals surface area contributed by atoms with Crippen LogP contribution in [0.4, 0.5) is 15.0 Å². The van der Waals surface area contributed by atoms with Crippen molar-refractivity contribution in [2.45, 2.75) is 18.2 Å². The maximum absolute atomic E-state index is 13.8. The van der Waals surface area contributed by atoms with Crippen molar-refractivity contribution in [1.82, 2.24) is 15.5 Å². The van der Waals surface area contributed by atoms with Crippen LogP contribution < -0.4 is 15.0 Å². The highest BCUT2D eigenvalue weighted by Gasteiger charge is 2.46. The number of amides is 3. The third kappa shape index (κ3) is 3.10. The molecule has 7 nitrogen and oxygen atoms in total. The summed E-state index contributed by atoms with van der Waals surface area (Å²) < 4.78 is 18.8. The van der Waals surface area contributed by atoms with Crippen molar-refractivity contribution in [3.05, 3.63) is 52.4 Å². The van der Waals surface area contributed by atoms with E-state index in [1.54, 1.807) is 19.1 Å². The van der Waals surface area contributed by atoms with Crippen molar-refractivity contribution >= 4 is 46.0 Å². The van der Waals surface area contributed by atoms with Gasteiger partial charge in [-0.15, -0.1) is 16.9 Å². The molecule has 2 unspecified atom stereocenters. The fraction of sp³-hybridized carbons (Fsp3) is 0.222. The van der Waals surface area contributed by atoms with Crippen LogP contribution in [-0.4, -0.2) is 40.5 Å². The van der Waals surface area contributed by atoms with Crippen molar-refractivity contribution in [2.24, 2.45) is 0 Å². The number of urea groups is 1. The summed E-state index contributed by atoms with van der Waals surface area (Å²) in [6, 6.07) is 3.16. The highest BCUT2D eigenvalue weighted by Crippen LogP contribution is 2.45. The quantitative estimate of drug-likeness (QED) is 0.821. The highest BCUT2D eigenvalue weighted by molar-refractivity contribution is 8.09. The number of carbonyl (C=O) groups excluding carboxylic acids is 2. The molecule has 3 amide bonds. The molecule has 0 saturated carbocycles. The SMILES string of the molecule is COc1cc(C2=CC3NC(=O)N(c4cc(C)cnn4)C(=O)C3S2)c(Cl)cc1F. The first-order chi connectivity index (χ1) is 13.4. The molecule has 0 aliphatic carbocycles.